The molecular weight excluding hydrogens is 276 g/mol. The Morgan fingerprint density at radius 1 is 1.27 bits per heavy atom. The molecule has 4 heteroatoms. The average molecular weight is 298 g/mol. The van der Waals surface area contributed by atoms with Gasteiger partial charge in [0, 0.05) is 6.20 Å². The van der Waals surface area contributed by atoms with Gasteiger partial charge in [-0.25, -0.2) is 0 Å². The highest BCUT2D eigenvalue weighted by atomic mass is 16.5. The number of pyridine rings is 1. The van der Waals surface area contributed by atoms with Crippen molar-refractivity contribution in [3.63, 3.8) is 0 Å². The molecule has 0 aliphatic heterocycles. The van der Waals surface area contributed by atoms with Crippen molar-refractivity contribution in [2.24, 2.45) is 0 Å². The Bertz CT molecular complexity index is 624. The lowest BCUT2D eigenvalue weighted by atomic mass is 10.0. The second-order valence-corrected chi connectivity index (χ2v) is 5.58. The van der Waals surface area contributed by atoms with E-state index in [1.807, 2.05) is 31.2 Å². The highest BCUT2D eigenvalue weighted by molar-refractivity contribution is 5.77. The summed E-state index contributed by atoms with van der Waals surface area (Å²) in [6.45, 7) is 6.65. The van der Waals surface area contributed by atoms with Gasteiger partial charge in [0.1, 0.15) is 5.75 Å². The summed E-state index contributed by atoms with van der Waals surface area (Å²) in [6.07, 6.45) is 1.71. The summed E-state index contributed by atoms with van der Waals surface area (Å²) < 4.78 is 5.70. The van der Waals surface area contributed by atoms with Gasteiger partial charge in [-0.2, -0.15) is 0 Å². The van der Waals surface area contributed by atoms with Crippen LogP contribution in [0.1, 0.15) is 36.6 Å². The molecule has 0 saturated heterocycles. The molecule has 1 aromatic carbocycles. The monoisotopic (exact) mass is 298 g/mol. The fraction of sp³-hybridized carbons (Fsp3) is 0.333. The summed E-state index contributed by atoms with van der Waals surface area (Å²) in [7, 11) is 0. The van der Waals surface area contributed by atoms with E-state index >= 15 is 0 Å². The number of aryl methyl sites for hydroxylation is 1. The molecule has 0 bridgehead atoms. The van der Waals surface area contributed by atoms with E-state index in [4.69, 9.17) is 4.74 Å². The van der Waals surface area contributed by atoms with Gasteiger partial charge in [-0.15, -0.1) is 0 Å². The molecule has 22 heavy (non-hydrogen) atoms. The number of nitrogens with one attached hydrogen (secondary N) is 1. The van der Waals surface area contributed by atoms with E-state index in [2.05, 4.69) is 36.3 Å². The highest BCUT2D eigenvalue weighted by Crippen LogP contribution is 2.27. The maximum atomic E-state index is 11.9. The summed E-state index contributed by atoms with van der Waals surface area (Å²) in [5, 5.41) is 2.81. The van der Waals surface area contributed by atoms with Gasteiger partial charge < -0.3 is 10.1 Å². The van der Waals surface area contributed by atoms with E-state index in [9.17, 15) is 4.79 Å². The molecule has 116 valence electrons. The number of hydrogen-bond acceptors (Lipinski definition) is 3. The zero-order chi connectivity index (χ0) is 15.9. The zero-order valence-corrected chi connectivity index (χ0v) is 13.3. The Hall–Kier alpha value is -2.36. The average Bonchev–Trinajstić information content (AvgIpc) is 2.51. The maximum absolute atomic E-state index is 11.9. The molecule has 1 aromatic heterocycles. The standard InChI is InChI=1S/C18H22N2O2/c1-13(2)16-8-7-14(3)10-17(16)22-12-18(21)20-11-15-6-4-5-9-19-15/h4-10,13H,11-12H2,1-3H3,(H,20,21). The van der Waals surface area contributed by atoms with Crippen LogP contribution in [-0.4, -0.2) is 17.5 Å². The van der Waals surface area contributed by atoms with Crippen LogP contribution in [0.2, 0.25) is 0 Å². The van der Waals surface area contributed by atoms with Crippen molar-refractivity contribution < 1.29 is 9.53 Å². The van der Waals surface area contributed by atoms with Crippen molar-refractivity contribution in [3.8, 4) is 5.75 Å². The first-order chi connectivity index (χ1) is 10.6. The van der Waals surface area contributed by atoms with Crippen LogP contribution in [0.3, 0.4) is 0 Å². The predicted octanol–water partition coefficient (Wildman–Crippen LogP) is 3.21. The molecule has 0 spiro atoms. The van der Waals surface area contributed by atoms with Crippen LogP contribution in [-0.2, 0) is 11.3 Å². The van der Waals surface area contributed by atoms with E-state index in [0.717, 1.165) is 22.6 Å². The molecule has 0 saturated carbocycles. The van der Waals surface area contributed by atoms with Gasteiger partial charge in [0.25, 0.3) is 5.91 Å². The Balaban J connectivity index is 1.90. The fourth-order valence-corrected chi connectivity index (χ4v) is 2.13. The molecule has 0 unspecified atom stereocenters. The Labute approximate surface area is 131 Å². The third kappa shape index (κ3) is 4.58. The van der Waals surface area contributed by atoms with Crippen LogP contribution in [0.15, 0.2) is 42.6 Å². The third-order valence-electron chi connectivity index (χ3n) is 3.34. The molecule has 1 heterocycles. The number of benzene rings is 1. The predicted molar refractivity (Wildman–Crippen MR) is 86.8 cm³/mol. The molecular formula is C18H22N2O2. The lowest BCUT2D eigenvalue weighted by Crippen LogP contribution is -2.28. The number of ether oxygens (including phenoxy) is 1. The van der Waals surface area contributed by atoms with Crippen LogP contribution in [0.25, 0.3) is 0 Å². The number of amides is 1. The molecule has 0 radical (unpaired) electrons. The molecule has 2 rings (SSSR count). The SMILES string of the molecule is Cc1ccc(C(C)C)c(OCC(=O)NCc2ccccn2)c1. The van der Waals surface area contributed by atoms with E-state index < -0.39 is 0 Å². The summed E-state index contributed by atoms with van der Waals surface area (Å²) in [5.41, 5.74) is 3.06. The van der Waals surface area contributed by atoms with Gasteiger partial charge in [0.15, 0.2) is 6.61 Å². The first-order valence-corrected chi connectivity index (χ1v) is 7.46. The number of carbonyl (C=O) groups excluding carboxylic acids is 1. The van der Waals surface area contributed by atoms with E-state index in [0.29, 0.717) is 12.5 Å². The van der Waals surface area contributed by atoms with E-state index in [1.165, 1.54) is 0 Å². The second-order valence-electron chi connectivity index (χ2n) is 5.58. The molecule has 0 aliphatic rings. The van der Waals surface area contributed by atoms with Crippen molar-refractivity contribution in [1.82, 2.24) is 10.3 Å². The zero-order valence-electron chi connectivity index (χ0n) is 13.3. The van der Waals surface area contributed by atoms with Crippen LogP contribution in [0.5, 0.6) is 5.75 Å². The number of nitrogens with zero attached hydrogens (tertiary/aromatic N) is 1. The van der Waals surface area contributed by atoms with Gasteiger partial charge in [-0.3, -0.25) is 9.78 Å². The smallest absolute Gasteiger partial charge is 0.258 e. The summed E-state index contributed by atoms with van der Waals surface area (Å²) in [6, 6.07) is 11.7. The normalized spacial score (nSPS) is 10.5. The topological polar surface area (TPSA) is 51.2 Å². The van der Waals surface area contributed by atoms with Crippen molar-refractivity contribution >= 4 is 5.91 Å². The Morgan fingerprint density at radius 3 is 2.77 bits per heavy atom. The van der Waals surface area contributed by atoms with E-state index in [1.54, 1.807) is 6.20 Å². The fourth-order valence-electron chi connectivity index (χ4n) is 2.13. The van der Waals surface area contributed by atoms with Gasteiger partial charge in [0.2, 0.25) is 0 Å². The van der Waals surface area contributed by atoms with Crippen molar-refractivity contribution in [2.75, 3.05) is 6.61 Å². The van der Waals surface area contributed by atoms with Gasteiger partial charge in [-0.1, -0.05) is 32.0 Å². The molecule has 1 N–H and O–H groups in total. The first kappa shape index (κ1) is 16.0. The van der Waals surface area contributed by atoms with Crippen LogP contribution < -0.4 is 10.1 Å². The molecule has 0 atom stereocenters. The quantitative estimate of drug-likeness (QED) is 0.891. The Kier molecular flexibility index (Phi) is 5.53. The lowest BCUT2D eigenvalue weighted by molar-refractivity contribution is -0.123. The van der Waals surface area contributed by atoms with Crippen molar-refractivity contribution in [3.05, 3.63) is 59.4 Å². The van der Waals surface area contributed by atoms with Crippen molar-refractivity contribution in [1.29, 1.82) is 0 Å². The van der Waals surface area contributed by atoms with Gasteiger partial charge in [-0.05, 0) is 42.2 Å². The minimum atomic E-state index is -0.151. The number of rotatable bonds is 6. The summed E-state index contributed by atoms with van der Waals surface area (Å²) in [4.78, 5) is 16.1. The molecule has 0 fully saturated rings. The van der Waals surface area contributed by atoms with Crippen molar-refractivity contribution in [2.45, 2.75) is 33.2 Å². The summed E-state index contributed by atoms with van der Waals surface area (Å²) >= 11 is 0. The van der Waals surface area contributed by atoms with Crippen LogP contribution in [0, 0.1) is 6.92 Å². The minimum absolute atomic E-state index is 0.00993. The molecule has 2 aromatic rings. The number of carbonyl (C=O) groups is 1. The first-order valence-electron chi connectivity index (χ1n) is 7.46. The molecule has 0 aliphatic carbocycles. The summed E-state index contributed by atoms with van der Waals surface area (Å²) in [5.74, 6) is 0.983. The van der Waals surface area contributed by atoms with Crippen LogP contribution in [0.4, 0.5) is 0 Å². The largest absolute Gasteiger partial charge is 0.483 e. The Morgan fingerprint density at radius 2 is 2.09 bits per heavy atom. The van der Waals surface area contributed by atoms with E-state index in [-0.39, 0.29) is 12.5 Å². The second kappa shape index (κ2) is 7.59. The van der Waals surface area contributed by atoms with Gasteiger partial charge in [0.05, 0.1) is 12.2 Å². The number of aromatic nitrogens is 1. The minimum Gasteiger partial charge on any atom is -0.483 e. The van der Waals surface area contributed by atoms with Crippen LogP contribution >= 0.6 is 0 Å². The number of hydrogen-bond donors (Lipinski definition) is 1. The molecule has 4 nitrogen and oxygen atoms in total. The molecule has 1 amide bonds. The highest BCUT2D eigenvalue weighted by Gasteiger charge is 2.10. The van der Waals surface area contributed by atoms with Gasteiger partial charge >= 0.3 is 0 Å². The lowest BCUT2D eigenvalue weighted by Gasteiger charge is -2.14. The third-order valence-corrected chi connectivity index (χ3v) is 3.34. The maximum Gasteiger partial charge on any atom is 0.258 e.